The molecule has 3 rings (SSSR count). The Bertz CT molecular complexity index is 661. The number of thioether (sulfide) groups is 1. The first-order valence-electron chi connectivity index (χ1n) is 5.86. The van der Waals surface area contributed by atoms with Crippen LogP contribution in [-0.2, 0) is 21.9 Å². The number of aromatic nitrogens is 2. The number of carbonyl (C=O) groups excluding carboxylic acids is 2. The maximum atomic E-state index is 12.2. The van der Waals surface area contributed by atoms with Gasteiger partial charge in [0.2, 0.25) is 5.91 Å². The van der Waals surface area contributed by atoms with Crippen LogP contribution in [0.5, 0.6) is 0 Å². The molecule has 0 bridgehead atoms. The zero-order valence-corrected chi connectivity index (χ0v) is 12.2. The van der Waals surface area contributed by atoms with Gasteiger partial charge < -0.3 is 4.57 Å². The van der Waals surface area contributed by atoms with Crippen molar-refractivity contribution < 1.29 is 18.0 Å². The molecule has 0 atom stereocenters. The summed E-state index contributed by atoms with van der Waals surface area (Å²) in [4.78, 5) is 28.1. The first kappa shape index (κ1) is 13.6. The van der Waals surface area contributed by atoms with E-state index in [2.05, 4.69) is 4.98 Å². The largest absolute Gasteiger partial charge is 0.339 e. The lowest BCUT2D eigenvalue weighted by Gasteiger charge is -2.41. The third-order valence-corrected chi connectivity index (χ3v) is 5.82. The van der Waals surface area contributed by atoms with E-state index in [-0.39, 0.29) is 41.1 Å². The molecule has 0 saturated carbocycles. The van der Waals surface area contributed by atoms with Crippen molar-refractivity contribution in [2.45, 2.75) is 11.1 Å². The molecule has 108 valence electrons. The van der Waals surface area contributed by atoms with Gasteiger partial charge in [-0.3, -0.25) is 14.5 Å². The second-order valence-electron chi connectivity index (χ2n) is 4.67. The van der Waals surface area contributed by atoms with Gasteiger partial charge in [-0.1, -0.05) is 11.8 Å². The van der Waals surface area contributed by atoms with Crippen LogP contribution in [0.15, 0.2) is 17.6 Å². The molecule has 2 aliphatic rings. The van der Waals surface area contributed by atoms with E-state index in [1.165, 1.54) is 16.8 Å². The average molecular weight is 316 g/mol. The van der Waals surface area contributed by atoms with Crippen molar-refractivity contribution in [3.05, 3.63) is 12.5 Å². The van der Waals surface area contributed by atoms with E-state index >= 15 is 0 Å². The van der Waals surface area contributed by atoms with E-state index in [1.807, 2.05) is 0 Å². The van der Waals surface area contributed by atoms with E-state index in [4.69, 9.17) is 0 Å². The second kappa shape index (κ2) is 4.57. The summed E-state index contributed by atoms with van der Waals surface area (Å²) in [6.07, 6.45) is 2.83. The van der Waals surface area contributed by atoms with Gasteiger partial charge in [0.1, 0.15) is 0 Å². The van der Waals surface area contributed by atoms with Crippen molar-refractivity contribution in [3.63, 3.8) is 0 Å². The first-order valence-corrected chi connectivity index (χ1v) is 8.29. The molecule has 1 aromatic rings. The molecule has 2 amide bonds. The average Bonchev–Trinajstić information content (AvgIpc) is 2.88. The van der Waals surface area contributed by atoms with Crippen molar-refractivity contribution in [3.8, 4) is 0 Å². The summed E-state index contributed by atoms with van der Waals surface area (Å²) in [6.45, 7) is 0.272. The molecule has 1 aromatic heterocycles. The lowest BCUT2D eigenvalue weighted by molar-refractivity contribution is -0.127. The topological polar surface area (TPSA) is 92.6 Å². The van der Waals surface area contributed by atoms with Crippen molar-refractivity contribution in [1.29, 1.82) is 0 Å². The molecule has 2 fully saturated rings. The summed E-state index contributed by atoms with van der Waals surface area (Å²) in [5, 5.41) is -0.318. The normalized spacial score (nSPS) is 21.6. The van der Waals surface area contributed by atoms with Crippen LogP contribution >= 0.6 is 11.8 Å². The molecule has 0 radical (unpaired) electrons. The van der Waals surface area contributed by atoms with Gasteiger partial charge in [0.15, 0.2) is 5.03 Å². The number of hydrogen-bond donors (Lipinski definition) is 0. The van der Waals surface area contributed by atoms with E-state index in [0.717, 1.165) is 16.7 Å². The van der Waals surface area contributed by atoms with Gasteiger partial charge in [0.05, 0.1) is 18.1 Å². The summed E-state index contributed by atoms with van der Waals surface area (Å²) in [5.41, 5.74) is 0. The summed E-state index contributed by atoms with van der Waals surface area (Å²) in [7, 11) is -1.95. The van der Waals surface area contributed by atoms with Crippen molar-refractivity contribution >= 4 is 32.9 Å². The summed E-state index contributed by atoms with van der Waals surface area (Å²) >= 11 is 0.953. The third-order valence-electron chi connectivity index (χ3n) is 3.26. The predicted molar refractivity (Wildman–Crippen MR) is 70.5 cm³/mol. The smallest absolute Gasteiger partial charge is 0.289 e. The fraction of sp³-hybridized carbons (Fsp3) is 0.500. The maximum absolute atomic E-state index is 12.2. The van der Waals surface area contributed by atoms with Crippen LogP contribution < -0.4 is 0 Å². The molecular formula is C10H12N4O4S2. The quantitative estimate of drug-likeness (QED) is 0.745. The number of imide groups is 1. The SMILES string of the molecule is Cn1cnc(S(=O)(=O)N2CC(N3C(=O)CSC3=O)C2)c1. The predicted octanol–water partition coefficient (Wildman–Crippen LogP) is -0.512. The van der Waals surface area contributed by atoms with Gasteiger partial charge >= 0.3 is 0 Å². The van der Waals surface area contributed by atoms with Crippen molar-refractivity contribution in [2.75, 3.05) is 18.8 Å². The van der Waals surface area contributed by atoms with Gasteiger partial charge in [-0.15, -0.1) is 0 Å². The number of nitrogens with zero attached hydrogens (tertiary/aromatic N) is 4. The Balaban J connectivity index is 1.71. The molecular weight excluding hydrogens is 304 g/mol. The monoisotopic (exact) mass is 316 g/mol. The van der Waals surface area contributed by atoms with Crippen LogP contribution in [-0.4, -0.2) is 63.2 Å². The van der Waals surface area contributed by atoms with Crippen LogP contribution in [0, 0.1) is 0 Å². The van der Waals surface area contributed by atoms with Gasteiger partial charge in [-0.05, 0) is 0 Å². The Labute approximate surface area is 119 Å². The molecule has 20 heavy (non-hydrogen) atoms. The zero-order valence-electron chi connectivity index (χ0n) is 10.6. The van der Waals surface area contributed by atoms with Crippen LogP contribution in [0.1, 0.15) is 0 Å². The highest BCUT2D eigenvalue weighted by Crippen LogP contribution is 2.29. The van der Waals surface area contributed by atoms with Gasteiger partial charge in [-0.25, -0.2) is 13.4 Å². The molecule has 0 N–H and O–H groups in total. The van der Waals surface area contributed by atoms with E-state index in [1.54, 1.807) is 11.6 Å². The van der Waals surface area contributed by atoms with E-state index in [0.29, 0.717) is 0 Å². The number of carbonyl (C=O) groups is 2. The molecule has 10 heteroatoms. The van der Waals surface area contributed by atoms with Gasteiger partial charge in [-0.2, -0.15) is 4.31 Å². The molecule has 8 nitrogen and oxygen atoms in total. The number of amides is 2. The Morgan fingerprint density at radius 3 is 2.55 bits per heavy atom. The zero-order chi connectivity index (χ0) is 14.5. The highest BCUT2D eigenvalue weighted by molar-refractivity contribution is 8.14. The highest BCUT2D eigenvalue weighted by Gasteiger charge is 2.46. The van der Waals surface area contributed by atoms with Crippen molar-refractivity contribution in [2.24, 2.45) is 7.05 Å². The van der Waals surface area contributed by atoms with Crippen LogP contribution in [0.4, 0.5) is 4.79 Å². The lowest BCUT2D eigenvalue weighted by atomic mass is 10.1. The van der Waals surface area contributed by atoms with Gasteiger partial charge in [0.25, 0.3) is 15.3 Å². The Hall–Kier alpha value is -1.39. The van der Waals surface area contributed by atoms with Crippen molar-refractivity contribution in [1.82, 2.24) is 18.8 Å². The minimum Gasteiger partial charge on any atom is -0.339 e. The fourth-order valence-corrected chi connectivity index (χ4v) is 4.40. The lowest BCUT2D eigenvalue weighted by Crippen LogP contribution is -2.61. The molecule has 2 aliphatic heterocycles. The minimum absolute atomic E-state index is 0.0214. The van der Waals surface area contributed by atoms with Crippen LogP contribution in [0.2, 0.25) is 0 Å². The Morgan fingerprint density at radius 2 is 2.05 bits per heavy atom. The maximum Gasteiger partial charge on any atom is 0.289 e. The second-order valence-corrected chi connectivity index (χ2v) is 7.48. The minimum atomic E-state index is -3.63. The summed E-state index contributed by atoms with van der Waals surface area (Å²) in [6, 6.07) is -0.358. The standard InChI is InChI=1S/C10H12N4O4S2/c1-12-4-8(11-6-12)20(17,18)13-2-7(3-13)14-9(15)5-19-10(14)16/h4,6-7H,2-3,5H2,1H3. The van der Waals surface area contributed by atoms with E-state index in [9.17, 15) is 18.0 Å². The molecule has 0 unspecified atom stereocenters. The highest BCUT2D eigenvalue weighted by atomic mass is 32.2. The van der Waals surface area contributed by atoms with E-state index < -0.39 is 10.0 Å². The summed E-state index contributed by atoms with van der Waals surface area (Å²) < 4.78 is 27.2. The number of rotatable bonds is 3. The van der Waals surface area contributed by atoms with Crippen LogP contribution in [0.3, 0.4) is 0 Å². The third kappa shape index (κ3) is 2.03. The molecule has 3 heterocycles. The molecule has 0 aliphatic carbocycles. The first-order chi connectivity index (χ1) is 9.39. The van der Waals surface area contributed by atoms with Gasteiger partial charge in [0, 0.05) is 26.3 Å². The summed E-state index contributed by atoms with van der Waals surface area (Å²) in [5.74, 6) is -0.109. The number of aryl methyl sites for hydroxylation is 1. The molecule has 0 aromatic carbocycles. The Kier molecular flexibility index (Phi) is 3.10. The number of imidazole rings is 1. The fourth-order valence-electron chi connectivity index (χ4n) is 2.15. The molecule has 2 saturated heterocycles. The molecule has 0 spiro atoms. The van der Waals surface area contributed by atoms with Crippen LogP contribution in [0.25, 0.3) is 0 Å². The Morgan fingerprint density at radius 1 is 1.35 bits per heavy atom. The number of sulfonamides is 1. The number of hydrogen-bond acceptors (Lipinski definition) is 6.